The van der Waals surface area contributed by atoms with Gasteiger partial charge in [-0.05, 0) is 44.2 Å². The van der Waals surface area contributed by atoms with Crippen molar-refractivity contribution in [2.45, 2.75) is 37.7 Å². The van der Waals surface area contributed by atoms with E-state index in [1.54, 1.807) is 0 Å². The SMILES string of the molecule is O=C(c1ccc(F)c(F)c1F)C1CCOC2(CCC2)C1. The van der Waals surface area contributed by atoms with E-state index in [9.17, 15) is 18.0 Å². The molecule has 5 heteroatoms. The Kier molecular flexibility index (Phi) is 3.32. The second-order valence-electron chi connectivity index (χ2n) is 5.66. The summed E-state index contributed by atoms with van der Waals surface area (Å²) in [7, 11) is 0. The van der Waals surface area contributed by atoms with Crippen LogP contribution in [0, 0.1) is 23.4 Å². The lowest BCUT2D eigenvalue weighted by atomic mass is 9.70. The molecule has 0 radical (unpaired) electrons. The fourth-order valence-electron chi connectivity index (χ4n) is 3.11. The standard InChI is InChI=1S/C15H15F3O2/c16-11-3-2-10(12(17)13(11)18)14(19)9-4-7-20-15(8-9)5-1-6-15/h2-3,9H,1,4-8H2. The van der Waals surface area contributed by atoms with Gasteiger partial charge in [0.25, 0.3) is 0 Å². The van der Waals surface area contributed by atoms with Gasteiger partial charge < -0.3 is 4.74 Å². The Morgan fingerprint density at radius 2 is 1.95 bits per heavy atom. The number of ether oxygens (including phenoxy) is 1. The molecule has 1 aliphatic carbocycles. The molecule has 1 spiro atoms. The molecule has 0 N–H and O–H groups in total. The van der Waals surface area contributed by atoms with Gasteiger partial charge in [0.2, 0.25) is 0 Å². The van der Waals surface area contributed by atoms with Gasteiger partial charge in [-0.25, -0.2) is 13.2 Å². The summed E-state index contributed by atoms with van der Waals surface area (Å²) in [6.45, 7) is 0.460. The highest BCUT2D eigenvalue weighted by Gasteiger charge is 2.44. The normalized spacial score (nSPS) is 24.4. The van der Waals surface area contributed by atoms with Gasteiger partial charge in [0.05, 0.1) is 11.2 Å². The molecule has 0 aromatic heterocycles. The molecule has 1 aromatic carbocycles. The highest BCUT2D eigenvalue weighted by Crippen LogP contribution is 2.45. The van der Waals surface area contributed by atoms with Crippen LogP contribution in [-0.2, 0) is 4.74 Å². The topological polar surface area (TPSA) is 26.3 Å². The van der Waals surface area contributed by atoms with E-state index in [4.69, 9.17) is 4.74 Å². The van der Waals surface area contributed by atoms with E-state index in [1.165, 1.54) is 0 Å². The van der Waals surface area contributed by atoms with Gasteiger partial charge in [-0.2, -0.15) is 0 Å². The molecule has 1 aliphatic heterocycles. The second-order valence-corrected chi connectivity index (χ2v) is 5.66. The third-order valence-electron chi connectivity index (χ3n) is 4.43. The summed E-state index contributed by atoms with van der Waals surface area (Å²) in [6, 6.07) is 1.82. The first-order valence-electron chi connectivity index (χ1n) is 6.84. The maximum atomic E-state index is 13.7. The Bertz CT molecular complexity index is 552. The molecule has 1 aromatic rings. The largest absolute Gasteiger partial charge is 0.375 e. The summed E-state index contributed by atoms with van der Waals surface area (Å²) in [5, 5.41) is 0. The van der Waals surface area contributed by atoms with Crippen LogP contribution >= 0.6 is 0 Å². The van der Waals surface area contributed by atoms with Crippen LogP contribution in [0.25, 0.3) is 0 Å². The minimum absolute atomic E-state index is 0.242. The minimum atomic E-state index is -1.58. The van der Waals surface area contributed by atoms with Gasteiger partial charge in [0.1, 0.15) is 0 Å². The summed E-state index contributed by atoms with van der Waals surface area (Å²) in [5.41, 5.74) is -0.599. The maximum Gasteiger partial charge on any atom is 0.195 e. The molecule has 3 rings (SSSR count). The first-order chi connectivity index (χ1) is 9.52. The lowest BCUT2D eigenvalue weighted by Gasteiger charge is -2.46. The van der Waals surface area contributed by atoms with Gasteiger partial charge in [-0.1, -0.05) is 0 Å². The third kappa shape index (κ3) is 2.14. The number of hydrogen-bond acceptors (Lipinski definition) is 2. The summed E-state index contributed by atoms with van der Waals surface area (Å²) in [5.74, 6) is -5.06. The predicted molar refractivity (Wildman–Crippen MR) is 65.9 cm³/mol. The van der Waals surface area contributed by atoms with Crippen LogP contribution in [0.5, 0.6) is 0 Å². The lowest BCUT2D eigenvalue weighted by Crippen LogP contribution is -2.47. The molecule has 1 unspecified atom stereocenters. The number of carbonyl (C=O) groups is 1. The first kappa shape index (κ1) is 13.6. The molecule has 20 heavy (non-hydrogen) atoms. The maximum absolute atomic E-state index is 13.7. The molecule has 1 saturated heterocycles. The van der Waals surface area contributed by atoms with Gasteiger partial charge in [-0.15, -0.1) is 0 Å². The highest BCUT2D eigenvalue weighted by atomic mass is 19.2. The monoisotopic (exact) mass is 284 g/mol. The van der Waals surface area contributed by atoms with E-state index in [0.29, 0.717) is 19.4 Å². The van der Waals surface area contributed by atoms with Crippen molar-refractivity contribution in [2.75, 3.05) is 6.61 Å². The summed E-state index contributed by atoms with van der Waals surface area (Å²) >= 11 is 0. The van der Waals surface area contributed by atoms with Crippen LogP contribution in [0.4, 0.5) is 13.2 Å². The molecule has 1 atom stereocenters. The van der Waals surface area contributed by atoms with E-state index in [-0.39, 0.29) is 17.1 Å². The van der Waals surface area contributed by atoms with Crippen LogP contribution in [-0.4, -0.2) is 18.0 Å². The van der Waals surface area contributed by atoms with Crippen molar-refractivity contribution in [1.82, 2.24) is 0 Å². The van der Waals surface area contributed by atoms with Crippen molar-refractivity contribution < 1.29 is 22.7 Å². The molecular weight excluding hydrogens is 269 g/mol. The van der Waals surface area contributed by atoms with E-state index >= 15 is 0 Å². The zero-order valence-corrected chi connectivity index (χ0v) is 10.9. The number of halogens is 3. The van der Waals surface area contributed by atoms with Crippen LogP contribution < -0.4 is 0 Å². The van der Waals surface area contributed by atoms with Gasteiger partial charge in [-0.3, -0.25) is 4.79 Å². The summed E-state index contributed by atoms with van der Waals surface area (Å²) in [4.78, 5) is 12.3. The summed E-state index contributed by atoms with van der Waals surface area (Å²) < 4.78 is 45.5. The van der Waals surface area contributed by atoms with Crippen molar-refractivity contribution in [3.8, 4) is 0 Å². The zero-order valence-electron chi connectivity index (χ0n) is 10.9. The van der Waals surface area contributed by atoms with E-state index in [0.717, 1.165) is 31.4 Å². The third-order valence-corrected chi connectivity index (χ3v) is 4.43. The van der Waals surface area contributed by atoms with Gasteiger partial charge >= 0.3 is 0 Å². The molecule has 108 valence electrons. The lowest BCUT2D eigenvalue weighted by molar-refractivity contribution is -0.137. The van der Waals surface area contributed by atoms with Crippen molar-refractivity contribution in [1.29, 1.82) is 0 Å². The first-order valence-corrected chi connectivity index (χ1v) is 6.84. The van der Waals surface area contributed by atoms with Gasteiger partial charge in [0.15, 0.2) is 23.2 Å². The van der Waals surface area contributed by atoms with Crippen molar-refractivity contribution in [3.05, 3.63) is 35.1 Å². The Hall–Kier alpha value is -1.36. The van der Waals surface area contributed by atoms with Crippen molar-refractivity contribution >= 4 is 5.78 Å². The van der Waals surface area contributed by atoms with Crippen LogP contribution in [0.15, 0.2) is 12.1 Å². The smallest absolute Gasteiger partial charge is 0.195 e. The Morgan fingerprint density at radius 3 is 2.60 bits per heavy atom. The molecule has 2 aliphatic rings. The van der Waals surface area contributed by atoms with Crippen LogP contribution in [0.3, 0.4) is 0 Å². The predicted octanol–water partition coefficient (Wildman–Crippen LogP) is 3.64. The quantitative estimate of drug-likeness (QED) is 0.612. The Morgan fingerprint density at radius 1 is 1.20 bits per heavy atom. The minimum Gasteiger partial charge on any atom is -0.375 e. The Labute approximate surface area is 114 Å². The molecule has 1 saturated carbocycles. The zero-order chi connectivity index (χ0) is 14.3. The fourth-order valence-corrected chi connectivity index (χ4v) is 3.11. The summed E-state index contributed by atoms with van der Waals surface area (Å²) in [6.07, 6.45) is 3.94. The Balaban J connectivity index is 1.83. The van der Waals surface area contributed by atoms with Crippen molar-refractivity contribution in [3.63, 3.8) is 0 Å². The number of benzene rings is 1. The fraction of sp³-hybridized carbons (Fsp3) is 0.533. The average molecular weight is 284 g/mol. The molecule has 1 heterocycles. The van der Waals surface area contributed by atoms with Crippen LogP contribution in [0.1, 0.15) is 42.5 Å². The van der Waals surface area contributed by atoms with Crippen LogP contribution in [0.2, 0.25) is 0 Å². The molecule has 0 amide bonds. The van der Waals surface area contributed by atoms with E-state index in [1.807, 2.05) is 0 Å². The number of carbonyl (C=O) groups excluding carboxylic acids is 1. The van der Waals surface area contributed by atoms with E-state index < -0.39 is 23.2 Å². The number of hydrogen-bond donors (Lipinski definition) is 0. The number of Topliss-reactive ketones (excluding diaryl/α,β-unsaturated/α-hetero) is 1. The molecular formula is C15H15F3O2. The average Bonchev–Trinajstić information content (AvgIpc) is 2.43. The second kappa shape index (κ2) is 4.88. The number of rotatable bonds is 2. The molecule has 2 nitrogen and oxygen atoms in total. The molecule has 0 bridgehead atoms. The molecule has 2 fully saturated rings. The van der Waals surface area contributed by atoms with Gasteiger partial charge in [0, 0.05) is 12.5 Å². The number of ketones is 1. The highest BCUT2D eigenvalue weighted by molar-refractivity contribution is 5.98. The van der Waals surface area contributed by atoms with Crippen molar-refractivity contribution in [2.24, 2.45) is 5.92 Å². The van der Waals surface area contributed by atoms with E-state index in [2.05, 4.69) is 0 Å².